The molecule has 29 heavy (non-hydrogen) atoms. The molecule has 7 nitrogen and oxygen atoms in total. The Morgan fingerprint density at radius 3 is 2.90 bits per heavy atom. The molecule has 1 aromatic carbocycles. The van der Waals surface area contributed by atoms with Crippen LogP contribution in [-0.4, -0.2) is 50.5 Å². The summed E-state index contributed by atoms with van der Waals surface area (Å²) in [6, 6.07) is 6.11. The molecule has 0 aliphatic carbocycles. The number of thiazole rings is 1. The molecule has 0 spiro atoms. The standard InChI is InChI=1S/C21H29N5O2S/c1-2-22-20(23-9-7-16-5-6-18-19(13-16)28-15-27-18)24-10-8-17-14-29-21(25-17)26-11-3-4-12-26/h5-6,13-14H,2-4,7-12,15H2,1H3,(H2,22,23,24). The van der Waals surface area contributed by atoms with Gasteiger partial charge in [-0.2, -0.15) is 0 Å². The van der Waals surface area contributed by atoms with Gasteiger partial charge in [0.1, 0.15) is 0 Å². The maximum atomic E-state index is 5.45. The summed E-state index contributed by atoms with van der Waals surface area (Å²) >= 11 is 1.75. The Balaban J connectivity index is 1.24. The van der Waals surface area contributed by atoms with Crippen molar-refractivity contribution in [1.29, 1.82) is 0 Å². The summed E-state index contributed by atoms with van der Waals surface area (Å²) in [5.74, 6) is 2.51. The monoisotopic (exact) mass is 415 g/mol. The Morgan fingerprint density at radius 1 is 1.17 bits per heavy atom. The zero-order chi connectivity index (χ0) is 19.9. The Hall–Kier alpha value is -2.48. The van der Waals surface area contributed by atoms with Crippen molar-refractivity contribution in [2.75, 3.05) is 44.4 Å². The highest BCUT2D eigenvalue weighted by molar-refractivity contribution is 7.13. The quantitative estimate of drug-likeness (QED) is 0.510. The number of nitrogens with zero attached hydrogens (tertiary/aromatic N) is 3. The molecule has 1 saturated heterocycles. The van der Waals surface area contributed by atoms with Crippen LogP contribution in [0.3, 0.4) is 0 Å². The third-order valence-corrected chi connectivity index (χ3v) is 5.99. The number of hydrogen-bond acceptors (Lipinski definition) is 6. The molecule has 0 unspecified atom stereocenters. The molecule has 0 amide bonds. The van der Waals surface area contributed by atoms with Crippen LogP contribution in [0.4, 0.5) is 5.13 Å². The molecule has 156 valence electrons. The van der Waals surface area contributed by atoms with Crippen molar-refractivity contribution in [1.82, 2.24) is 15.6 Å². The van der Waals surface area contributed by atoms with E-state index in [0.29, 0.717) is 6.79 Å². The highest BCUT2D eigenvalue weighted by atomic mass is 32.1. The summed E-state index contributed by atoms with van der Waals surface area (Å²) in [5, 5.41) is 10.1. The summed E-state index contributed by atoms with van der Waals surface area (Å²) < 4.78 is 10.8. The maximum Gasteiger partial charge on any atom is 0.231 e. The lowest BCUT2D eigenvalue weighted by Crippen LogP contribution is -2.38. The smallest absolute Gasteiger partial charge is 0.231 e. The summed E-state index contributed by atoms with van der Waals surface area (Å²) in [6.07, 6.45) is 4.32. The largest absolute Gasteiger partial charge is 0.454 e. The van der Waals surface area contributed by atoms with E-state index in [1.165, 1.54) is 18.4 Å². The van der Waals surface area contributed by atoms with E-state index in [0.717, 1.165) is 73.8 Å². The van der Waals surface area contributed by atoms with Crippen molar-refractivity contribution in [3.05, 3.63) is 34.8 Å². The van der Waals surface area contributed by atoms with Crippen LogP contribution in [0.2, 0.25) is 0 Å². The summed E-state index contributed by atoms with van der Waals surface area (Å²) in [4.78, 5) is 11.9. The minimum atomic E-state index is 0.312. The molecule has 2 aliphatic heterocycles. The number of anilines is 1. The first-order valence-electron chi connectivity index (χ1n) is 10.4. The van der Waals surface area contributed by atoms with E-state index in [2.05, 4.69) is 33.9 Å². The Kier molecular flexibility index (Phi) is 6.71. The fourth-order valence-corrected chi connectivity index (χ4v) is 4.42. The number of hydrogen-bond donors (Lipinski definition) is 2. The lowest BCUT2D eigenvalue weighted by molar-refractivity contribution is 0.174. The number of benzene rings is 1. The van der Waals surface area contributed by atoms with Gasteiger partial charge in [-0.05, 0) is 43.9 Å². The second-order valence-corrected chi connectivity index (χ2v) is 8.03. The molecule has 4 rings (SSSR count). The zero-order valence-electron chi connectivity index (χ0n) is 16.9. The summed E-state index contributed by atoms with van der Waals surface area (Å²) in [7, 11) is 0. The van der Waals surface area contributed by atoms with Crippen LogP contribution in [0.25, 0.3) is 0 Å². The van der Waals surface area contributed by atoms with E-state index in [-0.39, 0.29) is 0 Å². The van der Waals surface area contributed by atoms with Gasteiger partial charge in [-0.15, -0.1) is 11.3 Å². The number of aliphatic imine (C=N–C) groups is 1. The van der Waals surface area contributed by atoms with Gasteiger partial charge >= 0.3 is 0 Å². The van der Waals surface area contributed by atoms with Crippen molar-refractivity contribution in [2.24, 2.45) is 4.99 Å². The fourth-order valence-electron chi connectivity index (χ4n) is 3.51. The van der Waals surface area contributed by atoms with Gasteiger partial charge in [-0.1, -0.05) is 6.07 Å². The molecule has 2 N–H and O–H groups in total. The van der Waals surface area contributed by atoms with E-state index in [9.17, 15) is 0 Å². The highest BCUT2D eigenvalue weighted by Gasteiger charge is 2.15. The molecule has 2 aliphatic rings. The summed E-state index contributed by atoms with van der Waals surface area (Å²) in [5.41, 5.74) is 2.35. The fraction of sp³-hybridized carbons (Fsp3) is 0.524. The van der Waals surface area contributed by atoms with Crippen molar-refractivity contribution >= 4 is 22.4 Å². The number of aromatic nitrogens is 1. The average molecular weight is 416 g/mol. The SMILES string of the molecule is CCNC(=NCCc1csc(N2CCCC2)n1)NCCc1ccc2c(c1)OCO2. The predicted octanol–water partition coefficient (Wildman–Crippen LogP) is 2.81. The third kappa shape index (κ3) is 5.32. The Labute approximate surface area is 176 Å². The Morgan fingerprint density at radius 2 is 2.03 bits per heavy atom. The molecular formula is C21H29N5O2S. The molecule has 2 aromatic rings. The van der Waals surface area contributed by atoms with Crippen molar-refractivity contribution in [2.45, 2.75) is 32.6 Å². The molecule has 0 atom stereocenters. The zero-order valence-corrected chi connectivity index (χ0v) is 17.8. The van der Waals surface area contributed by atoms with Crippen molar-refractivity contribution in [3.63, 3.8) is 0 Å². The summed E-state index contributed by atoms with van der Waals surface area (Å²) in [6.45, 7) is 7.05. The van der Waals surface area contributed by atoms with Crippen molar-refractivity contribution < 1.29 is 9.47 Å². The van der Waals surface area contributed by atoms with Crippen LogP contribution in [0.1, 0.15) is 31.0 Å². The predicted molar refractivity (Wildman–Crippen MR) is 118 cm³/mol. The van der Waals surface area contributed by atoms with Crippen molar-refractivity contribution in [3.8, 4) is 11.5 Å². The molecule has 0 saturated carbocycles. The van der Waals surface area contributed by atoms with Gasteiger partial charge in [0.25, 0.3) is 0 Å². The van der Waals surface area contributed by atoms with Gasteiger partial charge < -0.3 is 25.0 Å². The van der Waals surface area contributed by atoms with E-state index in [4.69, 9.17) is 19.5 Å². The van der Waals surface area contributed by atoms with Gasteiger partial charge in [0.15, 0.2) is 22.6 Å². The second-order valence-electron chi connectivity index (χ2n) is 7.19. The maximum absolute atomic E-state index is 5.45. The van der Waals surface area contributed by atoms with Crippen LogP contribution in [0, 0.1) is 0 Å². The first kappa shape index (κ1) is 19.8. The van der Waals surface area contributed by atoms with E-state index in [1.54, 1.807) is 11.3 Å². The van der Waals surface area contributed by atoms with Gasteiger partial charge in [0.2, 0.25) is 6.79 Å². The van der Waals surface area contributed by atoms with Gasteiger partial charge in [0.05, 0.1) is 5.69 Å². The highest BCUT2D eigenvalue weighted by Crippen LogP contribution is 2.32. The molecular weight excluding hydrogens is 386 g/mol. The molecule has 1 aromatic heterocycles. The Bertz CT molecular complexity index is 832. The van der Waals surface area contributed by atoms with Gasteiger partial charge in [-0.25, -0.2) is 4.98 Å². The molecule has 0 bridgehead atoms. The molecule has 8 heteroatoms. The average Bonchev–Trinajstić information content (AvgIpc) is 3.48. The molecule has 0 radical (unpaired) electrons. The number of guanidine groups is 1. The van der Waals surface area contributed by atoms with E-state index in [1.807, 2.05) is 12.1 Å². The van der Waals surface area contributed by atoms with Gasteiger partial charge in [0, 0.05) is 44.5 Å². The normalized spacial score (nSPS) is 15.8. The van der Waals surface area contributed by atoms with E-state index >= 15 is 0 Å². The first-order valence-corrected chi connectivity index (χ1v) is 11.3. The number of fused-ring (bicyclic) bond motifs is 1. The number of ether oxygens (including phenoxy) is 2. The number of rotatable bonds is 8. The van der Waals surface area contributed by atoms with Crippen LogP contribution >= 0.6 is 11.3 Å². The van der Waals surface area contributed by atoms with E-state index < -0.39 is 0 Å². The van der Waals surface area contributed by atoms with Crippen LogP contribution in [0.15, 0.2) is 28.6 Å². The second kappa shape index (κ2) is 9.82. The molecule has 1 fully saturated rings. The minimum Gasteiger partial charge on any atom is -0.454 e. The minimum absolute atomic E-state index is 0.312. The van der Waals surface area contributed by atoms with Gasteiger partial charge in [-0.3, -0.25) is 4.99 Å². The van der Waals surface area contributed by atoms with Crippen LogP contribution in [-0.2, 0) is 12.8 Å². The lowest BCUT2D eigenvalue weighted by atomic mass is 10.1. The lowest BCUT2D eigenvalue weighted by Gasteiger charge is -2.12. The van der Waals surface area contributed by atoms with Crippen LogP contribution < -0.4 is 25.0 Å². The number of nitrogens with one attached hydrogen (secondary N) is 2. The van der Waals surface area contributed by atoms with Crippen LogP contribution in [0.5, 0.6) is 11.5 Å². The third-order valence-electron chi connectivity index (χ3n) is 5.04. The topological polar surface area (TPSA) is 71.0 Å². The molecule has 3 heterocycles. The first-order chi connectivity index (χ1) is 14.3.